The molecule has 3 fully saturated rings. The Morgan fingerprint density at radius 3 is 1.34 bits per heavy atom. The van der Waals surface area contributed by atoms with Gasteiger partial charge in [-0.15, -0.1) is 11.3 Å². The van der Waals surface area contributed by atoms with E-state index < -0.39 is 17.2 Å². The van der Waals surface area contributed by atoms with Crippen LogP contribution < -0.4 is 31.4 Å². The second-order valence-corrected chi connectivity index (χ2v) is 26.9. The van der Waals surface area contributed by atoms with Crippen LogP contribution in [0.15, 0.2) is 171 Å². The number of anilines is 3. The lowest BCUT2D eigenvalue weighted by atomic mass is 10.1. The number of nitrogens with zero attached hydrogens (tertiary/aromatic N) is 13. The molecule has 0 N–H and O–H groups in total. The van der Waals surface area contributed by atoms with Crippen molar-refractivity contribution in [1.82, 2.24) is 33.3 Å². The van der Waals surface area contributed by atoms with Crippen molar-refractivity contribution in [2.75, 3.05) is 114 Å². The third-order valence-corrected chi connectivity index (χ3v) is 19.3. The van der Waals surface area contributed by atoms with E-state index in [9.17, 15) is 57.7 Å². The fourth-order valence-corrected chi connectivity index (χ4v) is 14.1. The summed E-state index contributed by atoms with van der Waals surface area (Å²) >= 11 is 7.78. The molecule has 0 aliphatic carbocycles. The van der Waals surface area contributed by atoms with Crippen molar-refractivity contribution in [3.63, 3.8) is 0 Å². The molecule has 101 heavy (non-hydrogen) atoms. The zero-order valence-electron chi connectivity index (χ0n) is 56.3. The molecule has 24 heteroatoms. The van der Waals surface area contributed by atoms with Crippen molar-refractivity contribution < 1.29 is 27.6 Å². The fourth-order valence-electron chi connectivity index (χ4n) is 13.2. The molecule has 0 saturated carbocycles. The van der Waals surface area contributed by atoms with E-state index in [-0.39, 0.29) is 63.8 Å². The van der Waals surface area contributed by atoms with Gasteiger partial charge in [0.1, 0.15) is 52.3 Å². The van der Waals surface area contributed by atoms with Crippen LogP contribution in [-0.4, -0.2) is 150 Å². The lowest BCUT2D eigenvalue weighted by molar-refractivity contribution is 0.0739. The molecule has 3 saturated heterocycles. The van der Waals surface area contributed by atoms with E-state index in [0.717, 1.165) is 50.6 Å². The molecule has 10 aromatic rings. The Hall–Kier alpha value is -11.0. The van der Waals surface area contributed by atoms with Gasteiger partial charge in [0.2, 0.25) is 0 Å². The minimum absolute atomic E-state index is 0.0362. The number of aromatic nitrogens is 3. The topological polar surface area (TPSA) is 211 Å². The molecule has 19 nitrogen and oxygen atoms in total. The van der Waals surface area contributed by atoms with Gasteiger partial charge in [0.15, 0.2) is 0 Å². The molecular formula is C77H73ClF3N13O6S. The fraction of sp³-hybridized carbons (Fsp3) is 0.286. The molecule has 0 spiro atoms. The highest BCUT2D eigenvalue weighted by molar-refractivity contribution is 7.12. The Bertz CT molecular complexity index is 5040. The van der Waals surface area contributed by atoms with Gasteiger partial charge in [-0.05, 0) is 141 Å². The molecule has 0 unspecified atom stereocenters. The average Bonchev–Trinajstić information content (AvgIpc) is 0.871. The van der Waals surface area contributed by atoms with Gasteiger partial charge >= 0.3 is 0 Å². The first-order valence-electron chi connectivity index (χ1n) is 33.2. The van der Waals surface area contributed by atoms with Crippen molar-refractivity contribution in [3.05, 3.63) is 249 Å². The quantitative estimate of drug-likeness (QED) is 0.0993. The van der Waals surface area contributed by atoms with E-state index in [1.807, 2.05) is 101 Å². The van der Waals surface area contributed by atoms with Gasteiger partial charge < -0.3 is 48.0 Å². The Balaban J connectivity index is 0.000000153. The molecule has 0 bridgehead atoms. The summed E-state index contributed by atoms with van der Waals surface area (Å²) in [5, 5.41) is 34.7. The summed E-state index contributed by atoms with van der Waals surface area (Å²) in [4.78, 5) is 92.5. The predicted molar refractivity (Wildman–Crippen MR) is 389 cm³/mol. The van der Waals surface area contributed by atoms with Crippen LogP contribution in [0.4, 0.5) is 30.2 Å². The largest absolute Gasteiger partial charge is 0.366 e. The van der Waals surface area contributed by atoms with E-state index in [2.05, 4.69) is 41.9 Å². The van der Waals surface area contributed by atoms with Crippen LogP contribution in [0.3, 0.4) is 0 Å². The van der Waals surface area contributed by atoms with E-state index in [0.29, 0.717) is 130 Å². The van der Waals surface area contributed by atoms with Crippen LogP contribution in [0.1, 0.15) is 72.9 Å². The predicted octanol–water partition coefficient (Wildman–Crippen LogP) is 11.3. The van der Waals surface area contributed by atoms with E-state index in [1.54, 1.807) is 47.8 Å². The summed E-state index contributed by atoms with van der Waals surface area (Å²) in [6.07, 6.45) is 0.763. The van der Waals surface area contributed by atoms with Crippen LogP contribution in [0.2, 0.25) is 5.02 Å². The summed E-state index contributed by atoms with van der Waals surface area (Å²) < 4.78 is 44.7. The Labute approximate surface area is 590 Å². The third kappa shape index (κ3) is 15.7. The molecule has 3 amide bonds. The number of thiophene rings is 1. The van der Waals surface area contributed by atoms with Crippen molar-refractivity contribution >= 4 is 90.4 Å². The molecule has 0 radical (unpaired) electrons. The molecular weight excluding hydrogens is 1330 g/mol. The van der Waals surface area contributed by atoms with Crippen molar-refractivity contribution in [2.45, 2.75) is 39.9 Å². The molecule has 13 rings (SSSR count). The zero-order valence-corrected chi connectivity index (χ0v) is 57.9. The maximum absolute atomic E-state index is 13.5. The van der Waals surface area contributed by atoms with Gasteiger partial charge in [-0.3, -0.25) is 28.8 Å². The van der Waals surface area contributed by atoms with Crippen LogP contribution >= 0.6 is 22.9 Å². The third-order valence-electron chi connectivity index (χ3n) is 18.2. The number of rotatable bonds is 14. The molecule has 0 atom stereocenters. The normalized spacial score (nSPS) is 13.9. The first kappa shape index (κ1) is 71.3. The highest BCUT2D eigenvalue weighted by Gasteiger charge is 2.32. The van der Waals surface area contributed by atoms with Gasteiger partial charge in [0.25, 0.3) is 34.4 Å². The highest BCUT2D eigenvalue weighted by atomic mass is 35.5. The SMILES string of the molecule is CC(C)Cn1c(=O)c(C#N)c(N2CCN(C(=O)c3cccs3)CC2)c2ccccc21.CN(C)CCCn1c(=O)c(C#N)c(N2CCN(C(=O)c3ccc(F)cc3)CC2)c2cc(Cl)ccc21.N#Cc1c(N2CCN(C(=O)c3ccc(F)cc3)CC2)c2ccccc2n(Cc2ccc(F)cc2)c1=O. The minimum atomic E-state index is -0.416. The van der Waals surface area contributed by atoms with Crippen LogP contribution in [0, 0.1) is 57.4 Å². The molecule has 7 heterocycles. The van der Waals surface area contributed by atoms with Gasteiger partial charge in [-0.25, -0.2) is 13.2 Å². The minimum Gasteiger partial charge on any atom is -0.366 e. The molecule has 6 aromatic carbocycles. The molecule has 3 aliphatic rings. The maximum atomic E-state index is 13.5. The maximum Gasteiger partial charge on any atom is 0.271 e. The molecule has 3 aliphatic heterocycles. The zero-order chi connectivity index (χ0) is 71.6. The number of pyridine rings is 3. The smallest absolute Gasteiger partial charge is 0.271 e. The summed E-state index contributed by atoms with van der Waals surface area (Å²) in [6.45, 7) is 11.9. The van der Waals surface area contributed by atoms with Crippen LogP contribution in [0.5, 0.6) is 0 Å². The second kappa shape index (κ2) is 31.9. The number of fused-ring (bicyclic) bond motifs is 3. The summed E-state index contributed by atoms with van der Waals surface area (Å²) in [6, 6.07) is 47.5. The van der Waals surface area contributed by atoms with E-state index >= 15 is 0 Å². The van der Waals surface area contributed by atoms with Crippen molar-refractivity contribution in [2.24, 2.45) is 5.92 Å². The van der Waals surface area contributed by atoms with E-state index in [1.165, 1.54) is 72.0 Å². The van der Waals surface area contributed by atoms with Crippen molar-refractivity contribution in [1.29, 1.82) is 15.8 Å². The first-order valence-corrected chi connectivity index (χ1v) is 34.5. The number of halogens is 4. The standard InChI is InChI=1S/C28H22F2N4O2.C26H27ClFN5O2.C23H24N4O2S/c29-21-9-5-19(6-10-21)18-34-25-4-2-1-3-23(25)26(24(17-31)28(34)36)32-13-15-33(16-14-32)27(35)20-7-11-22(30)12-8-20;1-30(2)10-3-11-33-23-9-6-19(27)16-21(23)24(22(17-29)26(33)35)31-12-14-32(15-13-31)25(34)18-4-7-20(28)8-5-18;1-16(2)15-27-19-7-4-3-6-17(19)21(18(14-24)22(27)28)25-9-11-26(12-10-25)23(29)20-8-5-13-30-20/h1-12H,13-16,18H2;4-9,16H,3,10-15H2,1-2H3;3-8,13,16H,9-12,15H2,1-2H3. The number of carbonyl (C=O) groups is 3. The highest BCUT2D eigenvalue weighted by Crippen LogP contribution is 2.35. The number of piperazine rings is 3. The van der Waals surface area contributed by atoms with Gasteiger partial charge in [0.05, 0.1) is 45.0 Å². The number of benzene rings is 6. The summed E-state index contributed by atoms with van der Waals surface area (Å²) in [7, 11) is 3.95. The number of carbonyl (C=O) groups excluding carboxylic acids is 3. The van der Waals surface area contributed by atoms with E-state index in [4.69, 9.17) is 11.6 Å². The average molecular weight is 1400 g/mol. The molecule has 516 valence electrons. The lowest BCUT2D eigenvalue weighted by Gasteiger charge is -2.37. The van der Waals surface area contributed by atoms with Crippen LogP contribution in [0.25, 0.3) is 32.7 Å². The van der Waals surface area contributed by atoms with Gasteiger partial charge in [-0.1, -0.05) is 80.0 Å². The number of hydrogen-bond acceptors (Lipinski definition) is 14. The number of para-hydroxylation sites is 2. The Morgan fingerprint density at radius 2 is 0.901 bits per heavy atom. The summed E-state index contributed by atoms with van der Waals surface area (Å²) in [5.41, 5.74) is 4.99. The monoisotopic (exact) mass is 1400 g/mol. The number of amides is 3. The van der Waals surface area contributed by atoms with Crippen molar-refractivity contribution in [3.8, 4) is 18.2 Å². The Morgan fingerprint density at radius 1 is 0.495 bits per heavy atom. The number of aryl methyl sites for hydroxylation is 1. The second-order valence-electron chi connectivity index (χ2n) is 25.5. The lowest BCUT2D eigenvalue weighted by Crippen LogP contribution is -2.49. The van der Waals surface area contributed by atoms with Gasteiger partial charge in [-0.2, -0.15) is 15.8 Å². The molecule has 4 aromatic heterocycles. The Kier molecular flexibility index (Phi) is 22.5. The number of nitriles is 3. The van der Waals surface area contributed by atoms with Crippen LogP contribution in [-0.2, 0) is 19.6 Å². The van der Waals surface area contributed by atoms with Gasteiger partial charge in [0, 0.05) is 124 Å². The first-order chi connectivity index (χ1) is 48.8. The number of hydrogen-bond donors (Lipinski definition) is 0. The summed E-state index contributed by atoms with van der Waals surface area (Å²) in [5.74, 6) is -1.18.